The molecule has 1 aliphatic rings. The number of aliphatic hydroxyl groups is 1. The summed E-state index contributed by atoms with van der Waals surface area (Å²) in [6.45, 7) is 4.40. The molecule has 1 fully saturated rings. The van der Waals surface area contributed by atoms with Crippen molar-refractivity contribution in [3.05, 3.63) is 35.4 Å². The van der Waals surface area contributed by atoms with Crippen molar-refractivity contribution in [1.82, 2.24) is 5.32 Å². The van der Waals surface area contributed by atoms with Crippen LogP contribution in [0.1, 0.15) is 50.2 Å². The summed E-state index contributed by atoms with van der Waals surface area (Å²) in [6.07, 6.45) is 3.66. The molecule has 1 atom stereocenters. The summed E-state index contributed by atoms with van der Waals surface area (Å²) in [5.41, 5.74) is 1.65. The summed E-state index contributed by atoms with van der Waals surface area (Å²) < 4.78 is 0. The summed E-state index contributed by atoms with van der Waals surface area (Å²) in [5, 5.41) is 12.8. The van der Waals surface area contributed by atoms with Gasteiger partial charge in [-0.1, -0.05) is 31.2 Å². The van der Waals surface area contributed by atoms with Crippen LogP contribution >= 0.6 is 0 Å². The van der Waals surface area contributed by atoms with Crippen LogP contribution in [0, 0.1) is 0 Å². The molecule has 0 spiro atoms. The standard InChI is InChI=1S/C16H23NO2/c1-3-13-5-7-14(8-6-13)12(2)15(18)17-11-16(19)9-4-10-16/h5-8,12,19H,3-4,9-11H2,1-2H3,(H,17,18). The lowest BCUT2D eigenvalue weighted by molar-refractivity contribution is -0.124. The predicted molar refractivity (Wildman–Crippen MR) is 76.0 cm³/mol. The maximum Gasteiger partial charge on any atom is 0.227 e. The van der Waals surface area contributed by atoms with Gasteiger partial charge in [0.2, 0.25) is 5.91 Å². The molecule has 0 aliphatic heterocycles. The van der Waals surface area contributed by atoms with Crippen LogP contribution in [0.15, 0.2) is 24.3 Å². The number of rotatable bonds is 5. The van der Waals surface area contributed by atoms with E-state index in [1.54, 1.807) is 0 Å². The zero-order chi connectivity index (χ0) is 13.9. The number of carbonyl (C=O) groups excluding carboxylic acids is 1. The smallest absolute Gasteiger partial charge is 0.227 e. The summed E-state index contributed by atoms with van der Waals surface area (Å²) in [5.74, 6) is -0.181. The van der Waals surface area contributed by atoms with Gasteiger partial charge in [0.15, 0.2) is 0 Å². The second-order valence-electron chi connectivity index (χ2n) is 5.61. The Morgan fingerprint density at radius 2 is 2.00 bits per heavy atom. The quantitative estimate of drug-likeness (QED) is 0.855. The third kappa shape index (κ3) is 3.35. The molecule has 19 heavy (non-hydrogen) atoms. The van der Waals surface area contributed by atoms with Gasteiger partial charge in [-0.25, -0.2) is 0 Å². The Balaban J connectivity index is 1.90. The molecule has 1 amide bonds. The van der Waals surface area contributed by atoms with Crippen molar-refractivity contribution in [3.8, 4) is 0 Å². The van der Waals surface area contributed by atoms with Gasteiger partial charge in [-0.2, -0.15) is 0 Å². The summed E-state index contributed by atoms with van der Waals surface area (Å²) in [4.78, 5) is 12.1. The number of benzene rings is 1. The molecule has 1 saturated carbocycles. The van der Waals surface area contributed by atoms with E-state index in [9.17, 15) is 9.90 Å². The van der Waals surface area contributed by atoms with E-state index in [1.165, 1.54) is 5.56 Å². The Morgan fingerprint density at radius 1 is 1.37 bits per heavy atom. The molecule has 3 heteroatoms. The molecule has 104 valence electrons. The largest absolute Gasteiger partial charge is 0.388 e. The highest BCUT2D eigenvalue weighted by Crippen LogP contribution is 2.30. The van der Waals surface area contributed by atoms with Crippen LogP contribution in [0.3, 0.4) is 0 Å². The molecule has 1 unspecified atom stereocenters. The lowest BCUT2D eigenvalue weighted by atomic mass is 9.80. The van der Waals surface area contributed by atoms with Gasteiger partial charge in [-0.05, 0) is 43.7 Å². The average molecular weight is 261 g/mol. The van der Waals surface area contributed by atoms with E-state index in [0.29, 0.717) is 6.54 Å². The molecule has 1 aromatic carbocycles. The SMILES string of the molecule is CCc1ccc(C(C)C(=O)NCC2(O)CCC2)cc1. The third-order valence-electron chi connectivity index (χ3n) is 4.16. The first-order valence-corrected chi connectivity index (χ1v) is 7.13. The molecule has 0 aromatic heterocycles. The Hall–Kier alpha value is -1.35. The second-order valence-corrected chi connectivity index (χ2v) is 5.61. The van der Waals surface area contributed by atoms with E-state index < -0.39 is 5.60 Å². The van der Waals surface area contributed by atoms with E-state index in [1.807, 2.05) is 19.1 Å². The van der Waals surface area contributed by atoms with Crippen molar-refractivity contribution in [2.24, 2.45) is 0 Å². The van der Waals surface area contributed by atoms with Gasteiger partial charge in [-0.15, -0.1) is 0 Å². The van der Waals surface area contributed by atoms with E-state index in [-0.39, 0.29) is 11.8 Å². The van der Waals surface area contributed by atoms with Gasteiger partial charge >= 0.3 is 0 Å². The maximum atomic E-state index is 12.1. The minimum atomic E-state index is -0.651. The third-order valence-corrected chi connectivity index (χ3v) is 4.16. The van der Waals surface area contributed by atoms with Gasteiger partial charge in [-0.3, -0.25) is 4.79 Å². The zero-order valence-corrected chi connectivity index (χ0v) is 11.8. The van der Waals surface area contributed by atoms with Crippen molar-refractivity contribution in [1.29, 1.82) is 0 Å². The number of aryl methyl sites for hydroxylation is 1. The van der Waals surface area contributed by atoms with E-state index in [4.69, 9.17) is 0 Å². The topological polar surface area (TPSA) is 49.3 Å². The van der Waals surface area contributed by atoms with Crippen LogP contribution in [0.2, 0.25) is 0 Å². The van der Waals surface area contributed by atoms with Crippen molar-refractivity contribution in [2.45, 2.75) is 51.0 Å². The Labute approximate surface area is 115 Å². The molecule has 2 rings (SSSR count). The van der Waals surface area contributed by atoms with Crippen LogP contribution in [0.25, 0.3) is 0 Å². The number of carbonyl (C=O) groups is 1. The average Bonchev–Trinajstić information content (AvgIpc) is 2.42. The molecule has 3 nitrogen and oxygen atoms in total. The number of nitrogens with one attached hydrogen (secondary N) is 1. The molecule has 1 aromatic rings. The first-order valence-electron chi connectivity index (χ1n) is 7.13. The number of hydrogen-bond donors (Lipinski definition) is 2. The van der Waals surface area contributed by atoms with Gasteiger partial charge < -0.3 is 10.4 Å². The van der Waals surface area contributed by atoms with Gasteiger partial charge in [0.05, 0.1) is 11.5 Å². The number of amides is 1. The van der Waals surface area contributed by atoms with Gasteiger partial charge in [0, 0.05) is 6.54 Å². The highest BCUT2D eigenvalue weighted by Gasteiger charge is 2.34. The Kier molecular flexibility index (Phi) is 4.25. The van der Waals surface area contributed by atoms with Crippen LogP contribution in [-0.2, 0) is 11.2 Å². The maximum absolute atomic E-state index is 12.1. The predicted octanol–water partition coefficient (Wildman–Crippen LogP) is 2.38. The molecule has 0 bridgehead atoms. The molecule has 0 saturated heterocycles. The first kappa shape index (κ1) is 14.1. The first-order chi connectivity index (χ1) is 9.04. The van der Waals surface area contributed by atoms with Gasteiger partial charge in [0.25, 0.3) is 0 Å². The monoisotopic (exact) mass is 261 g/mol. The summed E-state index contributed by atoms with van der Waals surface area (Å²) >= 11 is 0. The second kappa shape index (κ2) is 5.74. The normalized spacial score (nSPS) is 18.5. The molecule has 0 heterocycles. The lowest BCUT2D eigenvalue weighted by Gasteiger charge is -2.36. The summed E-state index contributed by atoms with van der Waals surface area (Å²) in [6, 6.07) is 8.17. The van der Waals surface area contributed by atoms with Crippen LogP contribution in [0.5, 0.6) is 0 Å². The minimum absolute atomic E-state index is 0.00965. The molecule has 0 radical (unpaired) electrons. The zero-order valence-electron chi connectivity index (χ0n) is 11.8. The van der Waals surface area contributed by atoms with E-state index in [0.717, 1.165) is 31.2 Å². The van der Waals surface area contributed by atoms with Gasteiger partial charge in [0.1, 0.15) is 0 Å². The summed E-state index contributed by atoms with van der Waals surface area (Å²) in [7, 11) is 0. The van der Waals surface area contributed by atoms with Crippen LogP contribution < -0.4 is 5.32 Å². The van der Waals surface area contributed by atoms with E-state index >= 15 is 0 Å². The lowest BCUT2D eigenvalue weighted by Crippen LogP contribution is -2.48. The highest BCUT2D eigenvalue weighted by molar-refractivity contribution is 5.83. The molecular formula is C16H23NO2. The molecule has 2 N–H and O–H groups in total. The van der Waals surface area contributed by atoms with Crippen molar-refractivity contribution in [2.75, 3.05) is 6.54 Å². The number of hydrogen-bond acceptors (Lipinski definition) is 2. The highest BCUT2D eigenvalue weighted by atomic mass is 16.3. The fourth-order valence-electron chi connectivity index (χ4n) is 2.36. The van der Waals surface area contributed by atoms with Crippen LogP contribution in [-0.4, -0.2) is 23.2 Å². The Morgan fingerprint density at radius 3 is 2.47 bits per heavy atom. The van der Waals surface area contributed by atoms with Crippen LogP contribution in [0.4, 0.5) is 0 Å². The minimum Gasteiger partial charge on any atom is -0.388 e. The fraction of sp³-hybridized carbons (Fsp3) is 0.562. The van der Waals surface area contributed by atoms with Crippen molar-refractivity contribution < 1.29 is 9.90 Å². The van der Waals surface area contributed by atoms with E-state index in [2.05, 4.69) is 24.4 Å². The van der Waals surface area contributed by atoms with Crippen molar-refractivity contribution >= 4 is 5.91 Å². The Bertz CT molecular complexity index is 435. The van der Waals surface area contributed by atoms with Crippen molar-refractivity contribution in [3.63, 3.8) is 0 Å². The molecule has 1 aliphatic carbocycles. The fourth-order valence-corrected chi connectivity index (χ4v) is 2.36. The molecular weight excluding hydrogens is 238 g/mol.